The van der Waals surface area contributed by atoms with Gasteiger partial charge in [0, 0.05) is 28.7 Å². The summed E-state index contributed by atoms with van der Waals surface area (Å²) in [5.74, 6) is 4.60. The molecular formula is C15H15ClN2O2S. The third kappa shape index (κ3) is 2.90. The Morgan fingerprint density at radius 2 is 2.14 bits per heavy atom. The molecular weight excluding hydrogens is 308 g/mol. The lowest BCUT2D eigenvalue weighted by molar-refractivity contribution is 0.354. The molecule has 1 saturated carbocycles. The summed E-state index contributed by atoms with van der Waals surface area (Å²) in [4.78, 5) is 0. The molecule has 21 heavy (non-hydrogen) atoms. The number of rotatable bonds is 5. The van der Waals surface area contributed by atoms with Crippen LogP contribution in [0.3, 0.4) is 0 Å². The van der Waals surface area contributed by atoms with Gasteiger partial charge >= 0.3 is 0 Å². The van der Waals surface area contributed by atoms with Gasteiger partial charge in [0.1, 0.15) is 5.75 Å². The van der Waals surface area contributed by atoms with Gasteiger partial charge < -0.3 is 9.15 Å². The maximum absolute atomic E-state index is 6.16. The topological polar surface area (TPSA) is 48.2 Å². The molecule has 1 fully saturated rings. The average molecular weight is 323 g/mol. The normalized spacial score (nSPS) is 16.8. The number of hydrogen-bond donors (Lipinski definition) is 0. The van der Waals surface area contributed by atoms with Gasteiger partial charge in [-0.3, -0.25) is 0 Å². The van der Waals surface area contributed by atoms with Crippen molar-refractivity contribution in [3.05, 3.63) is 40.1 Å². The van der Waals surface area contributed by atoms with Crippen LogP contribution >= 0.6 is 23.4 Å². The first-order chi connectivity index (χ1) is 10.3. The van der Waals surface area contributed by atoms with Gasteiger partial charge in [-0.2, -0.15) is 0 Å². The van der Waals surface area contributed by atoms with Crippen molar-refractivity contribution in [1.82, 2.24) is 10.2 Å². The Morgan fingerprint density at radius 1 is 1.24 bits per heavy atom. The van der Waals surface area contributed by atoms with Crippen LogP contribution < -0.4 is 4.74 Å². The van der Waals surface area contributed by atoms with Crippen LogP contribution in [0.1, 0.15) is 41.7 Å². The highest BCUT2D eigenvalue weighted by Crippen LogP contribution is 2.39. The average Bonchev–Trinajstić information content (AvgIpc) is 3.02. The molecule has 0 amide bonds. The molecule has 0 radical (unpaired) electrons. The van der Waals surface area contributed by atoms with Crippen molar-refractivity contribution in [2.45, 2.75) is 36.7 Å². The van der Waals surface area contributed by atoms with Gasteiger partial charge in [0.05, 0.1) is 12.4 Å². The summed E-state index contributed by atoms with van der Waals surface area (Å²) < 4.78 is 11.4. The highest BCUT2D eigenvalue weighted by molar-refractivity contribution is 7.97. The number of ether oxygens (including phenoxy) is 1. The molecule has 1 aromatic heterocycles. The maximum atomic E-state index is 6.16. The minimum atomic E-state index is 0.515. The summed E-state index contributed by atoms with van der Waals surface area (Å²) in [5.41, 5.74) is 2.37. The van der Waals surface area contributed by atoms with Crippen molar-refractivity contribution >= 4 is 23.4 Å². The lowest BCUT2D eigenvalue weighted by atomic mass is 10.1. The molecule has 0 unspecified atom stereocenters. The third-order valence-corrected chi connectivity index (χ3v) is 4.90. The Morgan fingerprint density at radius 3 is 3.00 bits per heavy atom. The predicted octanol–water partition coefficient (Wildman–Crippen LogP) is 3.97. The van der Waals surface area contributed by atoms with Crippen molar-refractivity contribution in [3.8, 4) is 5.75 Å². The van der Waals surface area contributed by atoms with Gasteiger partial charge in [-0.1, -0.05) is 11.6 Å². The molecule has 1 aliphatic carbocycles. The van der Waals surface area contributed by atoms with Crippen LogP contribution in [0.25, 0.3) is 0 Å². The van der Waals surface area contributed by atoms with Crippen molar-refractivity contribution in [3.63, 3.8) is 0 Å². The summed E-state index contributed by atoms with van der Waals surface area (Å²) in [5, 5.41) is 8.99. The first kappa shape index (κ1) is 13.5. The molecule has 0 saturated heterocycles. The van der Waals surface area contributed by atoms with Crippen LogP contribution in [-0.2, 0) is 17.9 Å². The second-order valence-corrected chi connectivity index (χ2v) is 6.87. The Bertz CT molecular complexity index is 670. The monoisotopic (exact) mass is 322 g/mol. The van der Waals surface area contributed by atoms with Gasteiger partial charge in [-0.25, -0.2) is 0 Å². The second kappa shape index (κ2) is 5.54. The Labute approximate surface area is 132 Å². The predicted molar refractivity (Wildman–Crippen MR) is 81.9 cm³/mol. The number of aromatic nitrogens is 2. The molecule has 1 aromatic carbocycles. The highest BCUT2D eigenvalue weighted by atomic mass is 35.5. The molecule has 0 bridgehead atoms. The molecule has 0 spiro atoms. The number of benzene rings is 1. The van der Waals surface area contributed by atoms with Crippen LogP contribution in [-0.4, -0.2) is 16.8 Å². The van der Waals surface area contributed by atoms with Crippen molar-refractivity contribution < 1.29 is 9.15 Å². The van der Waals surface area contributed by atoms with E-state index in [-0.39, 0.29) is 0 Å². The zero-order chi connectivity index (χ0) is 14.2. The van der Waals surface area contributed by atoms with E-state index >= 15 is 0 Å². The fourth-order valence-electron chi connectivity index (χ4n) is 2.52. The zero-order valence-electron chi connectivity index (χ0n) is 11.5. The molecule has 0 N–H and O–H groups in total. The maximum Gasteiger partial charge on any atom is 0.226 e. The molecule has 2 aromatic rings. The van der Waals surface area contributed by atoms with E-state index < -0.39 is 0 Å². The lowest BCUT2D eigenvalue weighted by Crippen LogP contribution is -1.91. The van der Waals surface area contributed by atoms with Gasteiger partial charge in [0.2, 0.25) is 11.8 Å². The number of thioether (sulfide) groups is 1. The van der Waals surface area contributed by atoms with Gasteiger partial charge in [0.15, 0.2) is 0 Å². The Balaban J connectivity index is 1.40. The van der Waals surface area contributed by atoms with Gasteiger partial charge in [-0.15, -0.1) is 22.0 Å². The molecule has 4 nitrogen and oxygen atoms in total. The van der Waals surface area contributed by atoms with Crippen LogP contribution in [0, 0.1) is 0 Å². The summed E-state index contributed by atoms with van der Waals surface area (Å²) >= 11 is 7.91. The number of nitrogens with zero attached hydrogens (tertiary/aromatic N) is 2. The standard InChI is InChI=1S/C15H15ClN2O2S/c16-12-5-10-3-4-19-14(10)11(6-12)7-21-8-13-17-18-15(20-13)9-1-2-9/h5-6,9H,1-4,7-8H2. The molecule has 0 atom stereocenters. The third-order valence-electron chi connectivity index (χ3n) is 3.72. The van der Waals surface area contributed by atoms with Crippen LogP contribution in [0.15, 0.2) is 16.5 Å². The fourth-order valence-corrected chi connectivity index (χ4v) is 3.61. The molecule has 110 valence electrons. The quantitative estimate of drug-likeness (QED) is 0.833. The smallest absolute Gasteiger partial charge is 0.226 e. The number of hydrogen-bond acceptors (Lipinski definition) is 5. The SMILES string of the molecule is Clc1cc2c(c(CSCc3nnc(C4CC4)o3)c1)OCC2. The van der Waals surface area contributed by atoms with Crippen LogP contribution in [0.5, 0.6) is 5.75 Å². The van der Waals surface area contributed by atoms with Crippen molar-refractivity contribution in [2.75, 3.05) is 6.61 Å². The molecule has 4 rings (SSSR count). The summed E-state index contributed by atoms with van der Waals surface area (Å²) in [7, 11) is 0. The molecule has 6 heteroatoms. The molecule has 2 aliphatic rings. The van der Waals surface area contributed by atoms with E-state index in [2.05, 4.69) is 10.2 Å². The van der Waals surface area contributed by atoms with Crippen molar-refractivity contribution in [1.29, 1.82) is 0 Å². The first-order valence-corrected chi connectivity index (χ1v) is 8.67. The molecule has 1 aliphatic heterocycles. The first-order valence-electron chi connectivity index (χ1n) is 7.14. The number of halogens is 1. The van der Waals surface area contributed by atoms with E-state index in [4.69, 9.17) is 20.8 Å². The molecule has 2 heterocycles. The highest BCUT2D eigenvalue weighted by Gasteiger charge is 2.29. The minimum Gasteiger partial charge on any atom is -0.493 e. The van der Waals surface area contributed by atoms with E-state index in [1.54, 1.807) is 11.8 Å². The minimum absolute atomic E-state index is 0.515. The fraction of sp³-hybridized carbons (Fsp3) is 0.467. The second-order valence-electron chi connectivity index (χ2n) is 5.45. The zero-order valence-corrected chi connectivity index (χ0v) is 13.0. The van der Waals surface area contributed by atoms with Gasteiger partial charge in [0.25, 0.3) is 0 Å². The summed E-state index contributed by atoms with van der Waals surface area (Å²) in [6.07, 6.45) is 3.31. The van der Waals surface area contributed by atoms with E-state index in [0.29, 0.717) is 11.8 Å². The summed E-state index contributed by atoms with van der Waals surface area (Å²) in [6, 6.07) is 3.99. The number of fused-ring (bicyclic) bond motifs is 1. The van der Waals surface area contributed by atoms with Crippen LogP contribution in [0.4, 0.5) is 0 Å². The lowest BCUT2D eigenvalue weighted by Gasteiger charge is -2.08. The van der Waals surface area contributed by atoms with Crippen molar-refractivity contribution in [2.24, 2.45) is 0 Å². The largest absolute Gasteiger partial charge is 0.493 e. The van der Waals surface area contributed by atoms with E-state index in [9.17, 15) is 0 Å². The van der Waals surface area contributed by atoms with E-state index in [1.807, 2.05) is 12.1 Å². The van der Waals surface area contributed by atoms with E-state index in [1.165, 1.54) is 18.4 Å². The van der Waals surface area contributed by atoms with Crippen LogP contribution in [0.2, 0.25) is 5.02 Å². The van der Waals surface area contributed by atoms with E-state index in [0.717, 1.165) is 46.8 Å². The Kier molecular flexibility index (Phi) is 3.55. The Hall–Kier alpha value is -1.20. The summed E-state index contributed by atoms with van der Waals surface area (Å²) in [6.45, 7) is 0.752. The van der Waals surface area contributed by atoms with Gasteiger partial charge in [-0.05, 0) is 30.5 Å².